The van der Waals surface area contributed by atoms with Gasteiger partial charge < -0.3 is 10.1 Å². The van der Waals surface area contributed by atoms with Crippen LogP contribution >= 0.6 is 0 Å². The molecule has 19 heavy (non-hydrogen) atoms. The highest BCUT2D eigenvalue weighted by Gasteiger charge is 2.35. The Balaban J connectivity index is 2.09. The van der Waals surface area contributed by atoms with Crippen LogP contribution in [0.15, 0.2) is 24.3 Å². The summed E-state index contributed by atoms with van der Waals surface area (Å²) in [5, 5.41) is 3.58. The number of benzene rings is 1. The Morgan fingerprint density at radius 2 is 2.16 bits per heavy atom. The number of likely N-dealkylation sites (N-methyl/N-ethyl adjacent to an activating group) is 1. The minimum Gasteiger partial charge on any atom is -0.489 e. The molecule has 0 aliphatic heterocycles. The van der Waals surface area contributed by atoms with Crippen LogP contribution in [0.3, 0.4) is 0 Å². The Labute approximate surface area is 117 Å². The summed E-state index contributed by atoms with van der Waals surface area (Å²) in [5.41, 5.74) is 1.65. The smallest absolute Gasteiger partial charge is 0.120 e. The second-order valence-corrected chi connectivity index (χ2v) is 6.54. The molecule has 2 rings (SSSR count). The van der Waals surface area contributed by atoms with E-state index in [0.29, 0.717) is 11.5 Å². The first-order valence-electron chi connectivity index (χ1n) is 7.47. The summed E-state index contributed by atoms with van der Waals surface area (Å²) < 4.78 is 6.27. The Bertz CT molecular complexity index is 413. The van der Waals surface area contributed by atoms with E-state index in [2.05, 4.69) is 57.3 Å². The first-order valence-corrected chi connectivity index (χ1v) is 7.47. The summed E-state index contributed by atoms with van der Waals surface area (Å²) in [6, 6.07) is 8.86. The van der Waals surface area contributed by atoms with Crippen LogP contribution in [-0.2, 0) is 0 Å². The highest BCUT2D eigenvalue weighted by atomic mass is 16.5. The first kappa shape index (κ1) is 14.4. The molecule has 2 atom stereocenters. The molecule has 0 bridgehead atoms. The quantitative estimate of drug-likeness (QED) is 0.886. The van der Waals surface area contributed by atoms with Crippen molar-refractivity contribution < 1.29 is 4.74 Å². The number of hydrogen-bond donors (Lipinski definition) is 1. The third-order valence-corrected chi connectivity index (χ3v) is 4.08. The number of aryl methyl sites for hydroxylation is 1. The molecule has 0 spiro atoms. The van der Waals surface area contributed by atoms with Crippen LogP contribution in [0, 0.1) is 12.3 Å². The summed E-state index contributed by atoms with van der Waals surface area (Å²) in [6.07, 6.45) is 3.89. The molecule has 106 valence electrons. The van der Waals surface area contributed by atoms with E-state index >= 15 is 0 Å². The molecule has 2 nitrogen and oxygen atoms in total. The van der Waals surface area contributed by atoms with Crippen LogP contribution in [0.2, 0.25) is 0 Å². The predicted molar refractivity (Wildman–Crippen MR) is 80.7 cm³/mol. The van der Waals surface area contributed by atoms with Crippen molar-refractivity contribution in [3.05, 3.63) is 29.8 Å². The van der Waals surface area contributed by atoms with Gasteiger partial charge >= 0.3 is 0 Å². The molecule has 1 aromatic rings. The monoisotopic (exact) mass is 261 g/mol. The first-order chi connectivity index (χ1) is 9.00. The molecule has 0 saturated heterocycles. The van der Waals surface area contributed by atoms with Gasteiger partial charge in [0.1, 0.15) is 11.9 Å². The van der Waals surface area contributed by atoms with Crippen molar-refractivity contribution in [3.8, 4) is 5.75 Å². The third kappa shape index (κ3) is 3.97. The van der Waals surface area contributed by atoms with Gasteiger partial charge in [-0.15, -0.1) is 0 Å². The average molecular weight is 261 g/mol. The largest absolute Gasteiger partial charge is 0.489 e. The van der Waals surface area contributed by atoms with E-state index in [4.69, 9.17) is 4.74 Å². The standard InChI is InChI=1S/C17H27NO/c1-5-18-15-9-10-17(3,4)12-16(15)19-14-8-6-7-13(2)11-14/h6-8,11,15-16,18H,5,9-10,12H2,1-4H3. The van der Waals surface area contributed by atoms with Crippen LogP contribution in [0.25, 0.3) is 0 Å². The Morgan fingerprint density at radius 3 is 2.84 bits per heavy atom. The molecule has 0 amide bonds. The van der Waals surface area contributed by atoms with Crippen LogP contribution in [-0.4, -0.2) is 18.7 Å². The fourth-order valence-corrected chi connectivity index (χ4v) is 3.00. The van der Waals surface area contributed by atoms with E-state index in [-0.39, 0.29) is 6.10 Å². The minimum absolute atomic E-state index is 0.283. The van der Waals surface area contributed by atoms with Crippen molar-refractivity contribution in [2.45, 2.75) is 59.1 Å². The van der Waals surface area contributed by atoms with Crippen molar-refractivity contribution in [2.24, 2.45) is 5.41 Å². The van der Waals surface area contributed by atoms with Gasteiger partial charge in [0, 0.05) is 6.04 Å². The third-order valence-electron chi connectivity index (χ3n) is 4.08. The zero-order valence-corrected chi connectivity index (χ0v) is 12.7. The lowest BCUT2D eigenvalue weighted by Gasteiger charge is -2.41. The second kappa shape index (κ2) is 5.96. The van der Waals surface area contributed by atoms with Crippen molar-refractivity contribution in [1.82, 2.24) is 5.32 Å². The number of ether oxygens (including phenoxy) is 1. The fourth-order valence-electron chi connectivity index (χ4n) is 3.00. The number of rotatable bonds is 4. The van der Waals surface area contributed by atoms with Gasteiger partial charge in [-0.05, 0) is 55.8 Å². The normalized spacial score (nSPS) is 26.1. The van der Waals surface area contributed by atoms with Crippen LogP contribution in [0.5, 0.6) is 5.75 Å². The Hall–Kier alpha value is -1.02. The summed E-state index contributed by atoms with van der Waals surface area (Å²) in [5.74, 6) is 1.01. The topological polar surface area (TPSA) is 21.3 Å². The lowest BCUT2D eigenvalue weighted by molar-refractivity contribution is 0.0536. The Kier molecular flexibility index (Phi) is 4.51. The second-order valence-electron chi connectivity index (χ2n) is 6.54. The van der Waals surface area contributed by atoms with E-state index in [1.807, 2.05) is 0 Å². The molecule has 0 heterocycles. The maximum atomic E-state index is 6.27. The van der Waals surface area contributed by atoms with Gasteiger partial charge in [0.2, 0.25) is 0 Å². The van der Waals surface area contributed by atoms with Crippen molar-refractivity contribution >= 4 is 0 Å². The maximum absolute atomic E-state index is 6.27. The molecule has 0 radical (unpaired) electrons. The number of nitrogens with one attached hydrogen (secondary N) is 1. The average Bonchev–Trinajstić information content (AvgIpc) is 2.32. The molecule has 1 aliphatic rings. The zero-order chi connectivity index (χ0) is 13.9. The van der Waals surface area contributed by atoms with Gasteiger partial charge in [-0.3, -0.25) is 0 Å². The molecule has 1 aliphatic carbocycles. The van der Waals surface area contributed by atoms with E-state index in [1.54, 1.807) is 0 Å². The van der Waals surface area contributed by atoms with Gasteiger partial charge in [-0.2, -0.15) is 0 Å². The molecular weight excluding hydrogens is 234 g/mol. The minimum atomic E-state index is 0.283. The van der Waals surface area contributed by atoms with E-state index in [0.717, 1.165) is 18.7 Å². The number of hydrogen-bond acceptors (Lipinski definition) is 2. The van der Waals surface area contributed by atoms with Gasteiger partial charge in [0.05, 0.1) is 0 Å². The van der Waals surface area contributed by atoms with Crippen molar-refractivity contribution in [2.75, 3.05) is 6.54 Å². The highest BCUT2D eigenvalue weighted by Crippen LogP contribution is 2.37. The van der Waals surface area contributed by atoms with Crippen LogP contribution in [0.1, 0.15) is 45.6 Å². The van der Waals surface area contributed by atoms with E-state index in [9.17, 15) is 0 Å². The van der Waals surface area contributed by atoms with Gasteiger partial charge in [-0.25, -0.2) is 0 Å². The van der Waals surface area contributed by atoms with Crippen LogP contribution < -0.4 is 10.1 Å². The summed E-state index contributed by atoms with van der Waals surface area (Å²) in [7, 11) is 0. The van der Waals surface area contributed by atoms with Crippen LogP contribution in [0.4, 0.5) is 0 Å². The summed E-state index contributed by atoms with van der Waals surface area (Å²) >= 11 is 0. The molecule has 2 unspecified atom stereocenters. The fraction of sp³-hybridized carbons (Fsp3) is 0.647. The molecule has 1 saturated carbocycles. The highest BCUT2D eigenvalue weighted by molar-refractivity contribution is 5.27. The summed E-state index contributed by atoms with van der Waals surface area (Å²) in [4.78, 5) is 0. The Morgan fingerprint density at radius 1 is 1.37 bits per heavy atom. The van der Waals surface area contributed by atoms with E-state index in [1.165, 1.54) is 18.4 Å². The SMILES string of the molecule is CCNC1CCC(C)(C)CC1Oc1cccc(C)c1. The molecule has 1 N–H and O–H groups in total. The molecule has 1 fully saturated rings. The predicted octanol–water partition coefficient (Wildman–Crippen LogP) is 3.93. The molecule has 2 heteroatoms. The van der Waals surface area contributed by atoms with Crippen molar-refractivity contribution in [3.63, 3.8) is 0 Å². The van der Waals surface area contributed by atoms with Crippen molar-refractivity contribution in [1.29, 1.82) is 0 Å². The molecular formula is C17H27NO. The lowest BCUT2D eigenvalue weighted by atomic mass is 9.74. The maximum Gasteiger partial charge on any atom is 0.120 e. The molecule has 0 aromatic heterocycles. The zero-order valence-electron chi connectivity index (χ0n) is 12.7. The molecule has 1 aromatic carbocycles. The summed E-state index contributed by atoms with van der Waals surface area (Å²) in [6.45, 7) is 9.99. The van der Waals surface area contributed by atoms with E-state index < -0.39 is 0 Å². The van der Waals surface area contributed by atoms with Gasteiger partial charge in [-0.1, -0.05) is 32.9 Å². The van der Waals surface area contributed by atoms with Gasteiger partial charge in [0.25, 0.3) is 0 Å². The van der Waals surface area contributed by atoms with Gasteiger partial charge in [0.15, 0.2) is 0 Å². The lowest BCUT2D eigenvalue weighted by Crippen LogP contribution is -2.49.